The highest BCUT2D eigenvalue weighted by Crippen LogP contribution is 2.31. The minimum absolute atomic E-state index is 0.0926. The summed E-state index contributed by atoms with van der Waals surface area (Å²) in [6.45, 7) is 0.548. The number of hydrogen-bond donors (Lipinski definition) is 2. The summed E-state index contributed by atoms with van der Waals surface area (Å²) in [5, 5.41) is 2.89. The zero-order valence-electron chi connectivity index (χ0n) is 18.3. The SMILES string of the molecule is NC(=O)c1ccc(C(F)(F)F)nc1N1CCC(NC(=O)c2ccc(-c3cccc(F)c3)nc2)CC1. The first-order valence-corrected chi connectivity index (χ1v) is 10.8. The number of aromatic nitrogens is 2. The van der Waals surface area contributed by atoms with Crippen molar-refractivity contribution in [3.63, 3.8) is 0 Å². The van der Waals surface area contributed by atoms with Gasteiger partial charge in [-0.2, -0.15) is 13.2 Å². The van der Waals surface area contributed by atoms with Gasteiger partial charge in [-0.25, -0.2) is 9.37 Å². The monoisotopic (exact) mass is 487 g/mol. The summed E-state index contributed by atoms with van der Waals surface area (Å²) in [6, 6.07) is 10.7. The molecule has 0 aliphatic carbocycles. The Morgan fingerprint density at radius 1 is 1.06 bits per heavy atom. The first-order chi connectivity index (χ1) is 16.6. The first kappa shape index (κ1) is 24.1. The number of carbonyl (C=O) groups is 2. The van der Waals surface area contributed by atoms with Crippen LogP contribution in [0.1, 0.15) is 39.3 Å². The lowest BCUT2D eigenvalue weighted by molar-refractivity contribution is -0.141. The van der Waals surface area contributed by atoms with Gasteiger partial charge in [0.1, 0.15) is 17.3 Å². The van der Waals surface area contributed by atoms with Crippen LogP contribution in [0.4, 0.5) is 23.4 Å². The molecule has 1 aromatic carbocycles. The van der Waals surface area contributed by atoms with Crippen LogP contribution >= 0.6 is 0 Å². The molecule has 0 saturated carbocycles. The van der Waals surface area contributed by atoms with Gasteiger partial charge in [0.25, 0.3) is 11.8 Å². The molecule has 182 valence electrons. The van der Waals surface area contributed by atoms with Crippen LogP contribution in [0, 0.1) is 5.82 Å². The molecule has 3 heterocycles. The number of nitrogens with two attached hydrogens (primary N) is 1. The van der Waals surface area contributed by atoms with Crippen LogP contribution in [0.3, 0.4) is 0 Å². The number of anilines is 1. The van der Waals surface area contributed by atoms with Crippen molar-refractivity contribution >= 4 is 17.6 Å². The summed E-state index contributed by atoms with van der Waals surface area (Å²) in [7, 11) is 0. The predicted octanol–water partition coefficient (Wildman–Crippen LogP) is 3.80. The normalized spacial score (nSPS) is 14.6. The molecule has 0 unspecified atom stereocenters. The van der Waals surface area contributed by atoms with E-state index in [4.69, 9.17) is 5.73 Å². The van der Waals surface area contributed by atoms with Crippen LogP contribution in [0.25, 0.3) is 11.3 Å². The molecular formula is C24H21F4N5O2. The Morgan fingerprint density at radius 3 is 2.40 bits per heavy atom. The van der Waals surface area contributed by atoms with E-state index in [9.17, 15) is 27.2 Å². The number of amides is 2. The molecule has 3 aromatic rings. The molecule has 35 heavy (non-hydrogen) atoms. The molecule has 4 rings (SSSR count). The van der Waals surface area contributed by atoms with Crippen molar-refractivity contribution in [2.24, 2.45) is 5.73 Å². The maximum atomic E-state index is 13.4. The second kappa shape index (κ2) is 9.69. The summed E-state index contributed by atoms with van der Waals surface area (Å²) in [5.74, 6) is -1.72. The average Bonchev–Trinajstić information content (AvgIpc) is 2.83. The van der Waals surface area contributed by atoms with E-state index in [1.54, 1.807) is 29.2 Å². The smallest absolute Gasteiger partial charge is 0.365 e. The van der Waals surface area contributed by atoms with E-state index >= 15 is 0 Å². The van der Waals surface area contributed by atoms with E-state index < -0.39 is 17.8 Å². The molecule has 1 aliphatic rings. The molecule has 0 bridgehead atoms. The molecule has 0 radical (unpaired) electrons. The van der Waals surface area contributed by atoms with Gasteiger partial charge in [0.2, 0.25) is 0 Å². The van der Waals surface area contributed by atoms with Gasteiger partial charge in [-0.1, -0.05) is 12.1 Å². The Morgan fingerprint density at radius 2 is 1.80 bits per heavy atom. The van der Waals surface area contributed by atoms with Crippen molar-refractivity contribution < 1.29 is 27.2 Å². The number of benzene rings is 1. The number of hydrogen-bond acceptors (Lipinski definition) is 5. The van der Waals surface area contributed by atoms with Crippen molar-refractivity contribution in [1.82, 2.24) is 15.3 Å². The highest BCUT2D eigenvalue weighted by molar-refractivity contribution is 5.98. The van der Waals surface area contributed by atoms with Crippen LogP contribution in [0.2, 0.25) is 0 Å². The molecule has 3 N–H and O–H groups in total. The van der Waals surface area contributed by atoms with Gasteiger partial charge < -0.3 is 16.0 Å². The Kier molecular flexibility index (Phi) is 6.68. The van der Waals surface area contributed by atoms with E-state index in [0.29, 0.717) is 29.7 Å². The number of carbonyl (C=O) groups excluding carboxylic acids is 2. The van der Waals surface area contributed by atoms with E-state index in [2.05, 4.69) is 15.3 Å². The number of nitrogens with zero attached hydrogens (tertiary/aromatic N) is 3. The molecule has 2 amide bonds. The average molecular weight is 487 g/mol. The number of piperidine rings is 1. The fourth-order valence-corrected chi connectivity index (χ4v) is 3.89. The van der Waals surface area contributed by atoms with E-state index in [0.717, 1.165) is 12.1 Å². The molecule has 11 heteroatoms. The van der Waals surface area contributed by atoms with Gasteiger partial charge in [-0.15, -0.1) is 0 Å². The third-order valence-corrected chi connectivity index (χ3v) is 5.71. The predicted molar refractivity (Wildman–Crippen MR) is 120 cm³/mol. The molecule has 1 fully saturated rings. The topological polar surface area (TPSA) is 101 Å². The van der Waals surface area contributed by atoms with Gasteiger partial charge in [0, 0.05) is 30.9 Å². The van der Waals surface area contributed by atoms with Crippen molar-refractivity contribution in [1.29, 1.82) is 0 Å². The van der Waals surface area contributed by atoms with E-state index in [1.807, 2.05) is 0 Å². The maximum Gasteiger partial charge on any atom is 0.433 e. The van der Waals surface area contributed by atoms with Crippen LogP contribution in [0.15, 0.2) is 54.7 Å². The van der Waals surface area contributed by atoms with Crippen molar-refractivity contribution in [3.05, 3.63) is 77.4 Å². The summed E-state index contributed by atoms with van der Waals surface area (Å²) < 4.78 is 52.7. The molecule has 2 aromatic heterocycles. The zero-order chi connectivity index (χ0) is 25.2. The standard InChI is InChI=1S/C24H21F4N5O2/c25-16-3-1-2-14(12-16)19-6-4-15(13-30-19)23(35)31-17-8-10-33(11-9-17)22-18(21(29)34)5-7-20(32-22)24(26,27)28/h1-7,12-13,17H,8-11H2,(H2,29,34)(H,31,35). The lowest BCUT2D eigenvalue weighted by atomic mass is 10.0. The minimum Gasteiger partial charge on any atom is -0.365 e. The summed E-state index contributed by atoms with van der Waals surface area (Å²) in [5.41, 5.74) is 5.55. The molecule has 0 spiro atoms. The fourth-order valence-electron chi connectivity index (χ4n) is 3.89. The highest BCUT2D eigenvalue weighted by Gasteiger charge is 2.34. The van der Waals surface area contributed by atoms with Crippen LogP contribution in [-0.4, -0.2) is 40.9 Å². The number of alkyl halides is 3. The zero-order valence-corrected chi connectivity index (χ0v) is 18.3. The summed E-state index contributed by atoms with van der Waals surface area (Å²) in [6.07, 6.45) is -2.40. The van der Waals surface area contributed by atoms with E-state index in [1.165, 1.54) is 18.3 Å². The largest absolute Gasteiger partial charge is 0.433 e. The van der Waals surface area contributed by atoms with Crippen molar-refractivity contribution in [3.8, 4) is 11.3 Å². The third kappa shape index (κ3) is 5.56. The van der Waals surface area contributed by atoms with Crippen LogP contribution in [-0.2, 0) is 6.18 Å². The number of rotatable bonds is 5. The third-order valence-electron chi connectivity index (χ3n) is 5.71. The van der Waals surface area contributed by atoms with Gasteiger partial charge in [0.15, 0.2) is 0 Å². The Bertz CT molecular complexity index is 1240. The lowest BCUT2D eigenvalue weighted by Crippen LogP contribution is -2.45. The van der Waals surface area contributed by atoms with Crippen molar-refractivity contribution in [2.75, 3.05) is 18.0 Å². The van der Waals surface area contributed by atoms with Crippen LogP contribution in [0.5, 0.6) is 0 Å². The number of halogens is 4. The second-order valence-electron chi connectivity index (χ2n) is 8.11. The highest BCUT2D eigenvalue weighted by atomic mass is 19.4. The Labute approximate surface area is 198 Å². The molecular weight excluding hydrogens is 466 g/mol. The minimum atomic E-state index is -4.66. The Hall–Kier alpha value is -4.02. The van der Waals surface area contributed by atoms with Gasteiger partial charge >= 0.3 is 6.18 Å². The number of nitrogens with one attached hydrogen (secondary N) is 1. The molecule has 7 nitrogen and oxygen atoms in total. The molecule has 1 saturated heterocycles. The second-order valence-corrected chi connectivity index (χ2v) is 8.11. The van der Waals surface area contributed by atoms with Gasteiger partial charge in [0.05, 0.1) is 16.8 Å². The lowest BCUT2D eigenvalue weighted by Gasteiger charge is -2.34. The van der Waals surface area contributed by atoms with Gasteiger partial charge in [-0.3, -0.25) is 14.6 Å². The quantitative estimate of drug-likeness (QED) is 0.534. The van der Waals surface area contributed by atoms with E-state index in [-0.39, 0.29) is 42.2 Å². The maximum absolute atomic E-state index is 13.4. The van der Waals surface area contributed by atoms with Gasteiger partial charge in [-0.05, 0) is 49.2 Å². The fraction of sp³-hybridized carbons (Fsp3) is 0.250. The summed E-state index contributed by atoms with van der Waals surface area (Å²) in [4.78, 5) is 33.8. The number of primary amides is 1. The molecule has 1 aliphatic heterocycles. The molecule has 0 atom stereocenters. The summed E-state index contributed by atoms with van der Waals surface area (Å²) >= 11 is 0. The first-order valence-electron chi connectivity index (χ1n) is 10.8. The Balaban J connectivity index is 1.40. The van der Waals surface area contributed by atoms with Crippen LogP contribution < -0.4 is 16.0 Å². The number of pyridine rings is 2. The van der Waals surface area contributed by atoms with Crippen molar-refractivity contribution in [2.45, 2.75) is 25.1 Å².